The predicted octanol–water partition coefficient (Wildman–Crippen LogP) is 1.70. The van der Waals surface area contributed by atoms with E-state index in [1.165, 1.54) is 12.1 Å². The third-order valence-electron chi connectivity index (χ3n) is 2.82. The van der Waals surface area contributed by atoms with Crippen molar-refractivity contribution in [2.45, 2.75) is 44.0 Å². The van der Waals surface area contributed by atoms with Gasteiger partial charge in [-0.3, -0.25) is 4.79 Å². The molecule has 0 aromatic heterocycles. The first-order chi connectivity index (χ1) is 8.84. The Morgan fingerprint density at radius 2 is 2.11 bits per heavy atom. The molecule has 0 spiro atoms. The van der Waals surface area contributed by atoms with Crippen molar-refractivity contribution in [3.63, 3.8) is 0 Å². The molecule has 0 saturated carbocycles. The van der Waals surface area contributed by atoms with Gasteiger partial charge in [0.15, 0.2) is 0 Å². The molecule has 0 aliphatic rings. The molecule has 0 saturated heterocycles. The minimum Gasteiger partial charge on any atom is -0.350 e. The van der Waals surface area contributed by atoms with Gasteiger partial charge in [-0.15, -0.1) is 0 Å². The van der Waals surface area contributed by atoms with Crippen molar-refractivity contribution in [3.8, 4) is 0 Å². The van der Waals surface area contributed by atoms with Gasteiger partial charge in [-0.2, -0.15) is 0 Å². The minimum absolute atomic E-state index is 0.0321. The number of carbonyl (C=O) groups is 1. The Bertz CT molecular complexity index is 541. The molecule has 6 heteroatoms. The number of hydrogen-bond acceptors (Lipinski definition) is 3. The number of sulfonamides is 1. The van der Waals surface area contributed by atoms with E-state index in [1.54, 1.807) is 12.1 Å². The highest BCUT2D eigenvalue weighted by atomic mass is 32.2. The molecule has 1 aromatic rings. The first-order valence-corrected chi connectivity index (χ1v) is 7.81. The average Bonchev–Trinajstić information content (AvgIpc) is 2.35. The molecule has 3 N–H and O–H groups in total. The maximum Gasteiger partial charge on any atom is 0.238 e. The lowest BCUT2D eigenvalue weighted by molar-refractivity contribution is -0.121. The molecular weight excluding hydrogens is 264 g/mol. The van der Waals surface area contributed by atoms with Crippen molar-refractivity contribution in [1.82, 2.24) is 5.32 Å². The van der Waals surface area contributed by atoms with Crippen LogP contribution in [0.25, 0.3) is 0 Å². The molecule has 0 aliphatic carbocycles. The van der Waals surface area contributed by atoms with Crippen LogP contribution in [0.1, 0.15) is 44.7 Å². The van der Waals surface area contributed by atoms with E-state index in [2.05, 4.69) is 5.32 Å². The number of amides is 1. The first kappa shape index (κ1) is 15.7. The minimum atomic E-state index is -3.71. The lowest BCUT2D eigenvalue weighted by Gasteiger charge is -2.15. The van der Waals surface area contributed by atoms with Gasteiger partial charge in [0.05, 0.1) is 10.9 Å². The molecule has 0 heterocycles. The van der Waals surface area contributed by atoms with Gasteiger partial charge in [0.1, 0.15) is 0 Å². The molecule has 0 radical (unpaired) electrons. The number of rotatable bonds is 6. The van der Waals surface area contributed by atoms with Crippen molar-refractivity contribution in [1.29, 1.82) is 0 Å². The Morgan fingerprint density at radius 1 is 1.42 bits per heavy atom. The van der Waals surface area contributed by atoms with Crippen molar-refractivity contribution < 1.29 is 13.2 Å². The molecule has 106 valence electrons. The Morgan fingerprint density at radius 3 is 2.68 bits per heavy atom. The Balaban J connectivity index is 2.77. The number of nitrogens with one attached hydrogen (secondary N) is 1. The van der Waals surface area contributed by atoms with E-state index < -0.39 is 10.0 Å². The normalized spacial score (nSPS) is 13.0. The van der Waals surface area contributed by atoms with Crippen LogP contribution in [-0.4, -0.2) is 14.3 Å². The summed E-state index contributed by atoms with van der Waals surface area (Å²) in [5, 5.41) is 7.91. The smallest absolute Gasteiger partial charge is 0.238 e. The lowest BCUT2D eigenvalue weighted by atomic mass is 10.1. The van der Waals surface area contributed by atoms with Crippen LogP contribution in [0, 0.1) is 0 Å². The number of carbonyl (C=O) groups excluding carboxylic acids is 1. The zero-order valence-corrected chi connectivity index (χ0v) is 12.0. The highest BCUT2D eigenvalue weighted by molar-refractivity contribution is 7.89. The second-order valence-electron chi connectivity index (χ2n) is 4.51. The summed E-state index contributed by atoms with van der Waals surface area (Å²) < 4.78 is 22.5. The van der Waals surface area contributed by atoms with Gasteiger partial charge in [0, 0.05) is 6.42 Å². The van der Waals surface area contributed by atoms with Crippen LogP contribution in [0.5, 0.6) is 0 Å². The molecular formula is C13H20N2O3S. The van der Waals surface area contributed by atoms with Crippen molar-refractivity contribution >= 4 is 15.9 Å². The van der Waals surface area contributed by atoms with Gasteiger partial charge in [-0.1, -0.05) is 25.5 Å². The molecule has 1 atom stereocenters. The number of benzene rings is 1. The summed E-state index contributed by atoms with van der Waals surface area (Å²) in [6.45, 7) is 3.83. The summed E-state index contributed by atoms with van der Waals surface area (Å²) in [5.74, 6) is -0.0321. The number of nitrogens with two attached hydrogens (primary N) is 1. The van der Waals surface area contributed by atoms with E-state index >= 15 is 0 Å². The van der Waals surface area contributed by atoms with Crippen molar-refractivity contribution in [2.24, 2.45) is 5.14 Å². The molecule has 0 aliphatic heterocycles. The average molecular weight is 284 g/mol. The zero-order chi connectivity index (χ0) is 14.5. The highest BCUT2D eigenvalue weighted by Gasteiger charge is 2.13. The molecule has 0 bridgehead atoms. The van der Waals surface area contributed by atoms with Crippen LogP contribution in [0.3, 0.4) is 0 Å². The molecule has 19 heavy (non-hydrogen) atoms. The second-order valence-corrected chi connectivity index (χ2v) is 6.07. The maximum absolute atomic E-state index is 11.6. The van der Waals surface area contributed by atoms with Gasteiger partial charge in [0.25, 0.3) is 0 Å². The Hall–Kier alpha value is -1.40. The van der Waals surface area contributed by atoms with E-state index in [0.29, 0.717) is 6.42 Å². The largest absolute Gasteiger partial charge is 0.350 e. The van der Waals surface area contributed by atoms with E-state index in [-0.39, 0.29) is 16.8 Å². The Labute approximate surface area is 114 Å². The van der Waals surface area contributed by atoms with Crippen LogP contribution in [-0.2, 0) is 14.8 Å². The molecule has 0 fully saturated rings. The fourth-order valence-electron chi connectivity index (χ4n) is 1.70. The van der Waals surface area contributed by atoms with Crippen LogP contribution >= 0.6 is 0 Å². The van der Waals surface area contributed by atoms with Gasteiger partial charge in [-0.05, 0) is 31.0 Å². The van der Waals surface area contributed by atoms with Gasteiger partial charge < -0.3 is 5.32 Å². The topological polar surface area (TPSA) is 89.3 Å². The third-order valence-corrected chi connectivity index (χ3v) is 3.73. The van der Waals surface area contributed by atoms with Crippen molar-refractivity contribution in [2.75, 3.05) is 0 Å². The summed E-state index contributed by atoms with van der Waals surface area (Å²) in [7, 11) is -3.71. The second kappa shape index (κ2) is 6.68. The van der Waals surface area contributed by atoms with Crippen LogP contribution in [0.15, 0.2) is 29.2 Å². The van der Waals surface area contributed by atoms with E-state index in [0.717, 1.165) is 18.4 Å². The highest BCUT2D eigenvalue weighted by Crippen LogP contribution is 2.16. The zero-order valence-electron chi connectivity index (χ0n) is 11.2. The summed E-state index contributed by atoms with van der Waals surface area (Å²) in [4.78, 5) is 11.7. The standard InChI is InChI=1S/C13H20N2O3S/c1-3-4-8-13(16)15-10(2)11-6-5-7-12(9-11)19(14,17)18/h5-7,9-10H,3-4,8H2,1-2H3,(H,15,16)(H2,14,17,18)/t10-/m0/s1. The van der Waals surface area contributed by atoms with E-state index in [1.807, 2.05) is 13.8 Å². The monoisotopic (exact) mass is 284 g/mol. The van der Waals surface area contributed by atoms with Crippen molar-refractivity contribution in [3.05, 3.63) is 29.8 Å². The first-order valence-electron chi connectivity index (χ1n) is 6.26. The van der Waals surface area contributed by atoms with Crippen LogP contribution in [0.2, 0.25) is 0 Å². The Kier molecular flexibility index (Phi) is 5.50. The lowest BCUT2D eigenvalue weighted by Crippen LogP contribution is -2.26. The summed E-state index contributed by atoms with van der Waals surface area (Å²) >= 11 is 0. The predicted molar refractivity (Wildman–Crippen MR) is 73.9 cm³/mol. The van der Waals surface area contributed by atoms with Crippen LogP contribution in [0.4, 0.5) is 0 Å². The molecule has 1 amide bonds. The molecule has 0 unspecified atom stereocenters. The number of primary sulfonamides is 1. The van der Waals surface area contributed by atoms with E-state index in [9.17, 15) is 13.2 Å². The van der Waals surface area contributed by atoms with E-state index in [4.69, 9.17) is 5.14 Å². The SMILES string of the molecule is CCCCC(=O)N[C@@H](C)c1cccc(S(N)(=O)=O)c1. The molecule has 1 aromatic carbocycles. The summed E-state index contributed by atoms with van der Waals surface area (Å²) in [6.07, 6.45) is 2.29. The van der Waals surface area contributed by atoms with Crippen LogP contribution < -0.4 is 10.5 Å². The third kappa shape index (κ3) is 5.00. The maximum atomic E-state index is 11.6. The molecule has 1 rings (SSSR count). The fourth-order valence-corrected chi connectivity index (χ4v) is 2.26. The van der Waals surface area contributed by atoms with Gasteiger partial charge in [-0.25, -0.2) is 13.6 Å². The summed E-state index contributed by atoms with van der Waals surface area (Å²) in [6, 6.07) is 6.05. The number of hydrogen-bond donors (Lipinski definition) is 2. The molecule has 5 nitrogen and oxygen atoms in total. The van der Waals surface area contributed by atoms with Gasteiger partial charge >= 0.3 is 0 Å². The number of unbranched alkanes of at least 4 members (excludes halogenated alkanes) is 1. The quantitative estimate of drug-likeness (QED) is 0.833. The van der Waals surface area contributed by atoms with Gasteiger partial charge in [0.2, 0.25) is 15.9 Å². The fraction of sp³-hybridized carbons (Fsp3) is 0.462. The summed E-state index contributed by atoms with van der Waals surface area (Å²) in [5.41, 5.74) is 0.719.